The van der Waals surface area contributed by atoms with Crippen LogP contribution in [-0.2, 0) is 0 Å². The molecule has 2 aromatic carbocycles. The number of rotatable bonds is 7. The molecule has 2 rings (SSSR count). The molecule has 0 saturated carbocycles. The summed E-state index contributed by atoms with van der Waals surface area (Å²) in [6.45, 7) is 2.48. The van der Waals surface area contributed by atoms with Crippen LogP contribution in [0.15, 0.2) is 42.5 Å². The third-order valence-electron chi connectivity index (χ3n) is 3.74. The van der Waals surface area contributed by atoms with E-state index in [4.69, 9.17) is 9.47 Å². The normalized spacial score (nSPS) is 10.0. The molecular formula is C19H22N2O4. The minimum absolute atomic E-state index is 0.165. The molecule has 0 saturated heterocycles. The molecule has 132 valence electrons. The number of aryl methyl sites for hydroxylation is 1. The molecule has 2 aromatic rings. The largest absolute Gasteiger partial charge is 0.496 e. The van der Waals surface area contributed by atoms with Crippen molar-refractivity contribution in [1.29, 1.82) is 0 Å². The van der Waals surface area contributed by atoms with E-state index < -0.39 is 0 Å². The highest BCUT2D eigenvalue weighted by atomic mass is 16.5. The third kappa shape index (κ3) is 4.50. The van der Waals surface area contributed by atoms with E-state index in [1.165, 1.54) is 14.2 Å². The van der Waals surface area contributed by atoms with Gasteiger partial charge >= 0.3 is 0 Å². The maximum atomic E-state index is 12.4. The van der Waals surface area contributed by atoms with Crippen LogP contribution in [0.2, 0.25) is 0 Å². The number of carbonyl (C=O) groups excluding carboxylic acids is 2. The van der Waals surface area contributed by atoms with Gasteiger partial charge in [0.1, 0.15) is 17.1 Å². The van der Waals surface area contributed by atoms with Crippen LogP contribution in [0.1, 0.15) is 26.3 Å². The zero-order valence-corrected chi connectivity index (χ0v) is 14.6. The van der Waals surface area contributed by atoms with Crippen LogP contribution >= 0.6 is 0 Å². The van der Waals surface area contributed by atoms with Crippen LogP contribution in [0, 0.1) is 6.92 Å². The van der Waals surface area contributed by atoms with E-state index in [0.717, 1.165) is 5.56 Å². The predicted molar refractivity (Wildman–Crippen MR) is 95.4 cm³/mol. The zero-order valence-electron chi connectivity index (χ0n) is 14.6. The summed E-state index contributed by atoms with van der Waals surface area (Å²) in [6.07, 6.45) is 0. The highest BCUT2D eigenvalue weighted by Crippen LogP contribution is 2.27. The average molecular weight is 342 g/mol. The maximum Gasteiger partial charge on any atom is 0.258 e. The Morgan fingerprint density at radius 2 is 1.40 bits per heavy atom. The predicted octanol–water partition coefficient (Wildman–Crippen LogP) is 2.17. The Hall–Kier alpha value is -3.02. The lowest BCUT2D eigenvalue weighted by atomic mass is 10.1. The Kier molecular flexibility index (Phi) is 6.39. The summed E-state index contributed by atoms with van der Waals surface area (Å²) in [5, 5.41) is 5.54. The van der Waals surface area contributed by atoms with Crippen molar-refractivity contribution in [2.75, 3.05) is 27.3 Å². The quantitative estimate of drug-likeness (QED) is 0.756. The molecule has 0 radical (unpaired) electrons. The number of methoxy groups -OCH3 is 2. The third-order valence-corrected chi connectivity index (χ3v) is 3.74. The molecule has 2 N–H and O–H groups in total. The van der Waals surface area contributed by atoms with E-state index in [-0.39, 0.29) is 18.4 Å². The number of benzene rings is 2. The molecule has 0 bridgehead atoms. The van der Waals surface area contributed by atoms with Gasteiger partial charge < -0.3 is 20.1 Å². The van der Waals surface area contributed by atoms with Crippen LogP contribution in [0.4, 0.5) is 0 Å². The van der Waals surface area contributed by atoms with Crippen molar-refractivity contribution in [3.05, 3.63) is 59.2 Å². The first-order chi connectivity index (χ1) is 12.1. The number of ether oxygens (including phenoxy) is 2. The van der Waals surface area contributed by atoms with Crippen LogP contribution in [-0.4, -0.2) is 39.1 Å². The van der Waals surface area contributed by atoms with Crippen molar-refractivity contribution >= 4 is 11.8 Å². The van der Waals surface area contributed by atoms with Crippen LogP contribution in [0.5, 0.6) is 11.5 Å². The Morgan fingerprint density at radius 3 is 1.96 bits per heavy atom. The number of nitrogens with one attached hydrogen (secondary N) is 2. The average Bonchev–Trinajstić information content (AvgIpc) is 2.64. The SMILES string of the molecule is COc1cccc(OC)c1C(=O)NCCNC(=O)c1ccccc1C. The molecule has 0 aliphatic rings. The van der Waals surface area contributed by atoms with Crippen LogP contribution in [0.3, 0.4) is 0 Å². The number of amides is 2. The lowest BCUT2D eigenvalue weighted by Crippen LogP contribution is -2.35. The monoisotopic (exact) mass is 342 g/mol. The maximum absolute atomic E-state index is 12.4. The van der Waals surface area contributed by atoms with Gasteiger partial charge in [-0.1, -0.05) is 24.3 Å². The summed E-state index contributed by atoms with van der Waals surface area (Å²) in [5.41, 5.74) is 1.86. The Labute approximate surface area is 147 Å². The van der Waals surface area contributed by atoms with Gasteiger partial charge in [-0.3, -0.25) is 9.59 Å². The van der Waals surface area contributed by atoms with Gasteiger partial charge in [0.2, 0.25) is 0 Å². The first-order valence-corrected chi connectivity index (χ1v) is 7.91. The minimum Gasteiger partial charge on any atom is -0.496 e. The number of hydrogen-bond donors (Lipinski definition) is 2. The molecule has 0 fully saturated rings. The van der Waals surface area contributed by atoms with Gasteiger partial charge in [-0.05, 0) is 30.7 Å². The van der Waals surface area contributed by atoms with Crippen LogP contribution < -0.4 is 20.1 Å². The van der Waals surface area contributed by atoms with Gasteiger partial charge in [-0.15, -0.1) is 0 Å². The van der Waals surface area contributed by atoms with Gasteiger partial charge in [0.05, 0.1) is 14.2 Å². The highest BCUT2D eigenvalue weighted by Gasteiger charge is 2.17. The van der Waals surface area contributed by atoms with E-state index in [1.54, 1.807) is 24.3 Å². The molecule has 0 aliphatic carbocycles. The van der Waals surface area contributed by atoms with E-state index >= 15 is 0 Å². The second kappa shape index (κ2) is 8.73. The number of hydrogen-bond acceptors (Lipinski definition) is 4. The van der Waals surface area contributed by atoms with Gasteiger partial charge in [0.15, 0.2) is 0 Å². The molecule has 0 aliphatic heterocycles. The van der Waals surface area contributed by atoms with E-state index in [9.17, 15) is 9.59 Å². The van der Waals surface area contributed by atoms with Crippen molar-refractivity contribution in [2.45, 2.75) is 6.92 Å². The summed E-state index contributed by atoms with van der Waals surface area (Å²) >= 11 is 0. The first-order valence-electron chi connectivity index (χ1n) is 7.91. The molecule has 6 nitrogen and oxygen atoms in total. The van der Waals surface area contributed by atoms with Crippen molar-refractivity contribution in [3.8, 4) is 11.5 Å². The van der Waals surface area contributed by atoms with Gasteiger partial charge in [0.25, 0.3) is 11.8 Å². The van der Waals surface area contributed by atoms with Gasteiger partial charge in [0, 0.05) is 18.7 Å². The summed E-state index contributed by atoms with van der Waals surface area (Å²) in [6, 6.07) is 12.5. The fourth-order valence-electron chi connectivity index (χ4n) is 2.44. The molecule has 0 unspecified atom stereocenters. The topological polar surface area (TPSA) is 76.7 Å². The molecule has 2 amide bonds. The molecule has 0 spiro atoms. The van der Waals surface area contributed by atoms with Gasteiger partial charge in [-0.2, -0.15) is 0 Å². The standard InChI is InChI=1S/C19H22N2O4/c1-13-7-4-5-8-14(13)18(22)20-11-12-21-19(23)17-15(24-2)9-6-10-16(17)25-3/h4-10H,11-12H2,1-3H3,(H,20,22)(H,21,23). The highest BCUT2D eigenvalue weighted by molar-refractivity contribution is 6.00. The second-order valence-electron chi connectivity index (χ2n) is 5.36. The van der Waals surface area contributed by atoms with Crippen molar-refractivity contribution in [3.63, 3.8) is 0 Å². The lowest BCUT2D eigenvalue weighted by molar-refractivity contribution is 0.0923. The molecule has 0 heterocycles. The fourth-order valence-corrected chi connectivity index (χ4v) is 2.44. The van der Waals surface area contributed by atoms with Gasteiger partial charge in [-0.25, -0.2) is 0 Å². The Morgan fingerprint density at radius 1 is 0.840 bits per heavy atom. The summed E-state index contributed by atoms with van der Waals surface area (Å²) < 4.78 is 10.4. The van der Waals surface area contributed by atoms with Crippen molar-refractivity contribution < 1.29 is 19.1 Å². The second-order valence-corrected chi connectivity index (χ2v) is 5.36. The zero-order chi connectivity index (χ0) is 18.2. The molecule has 6 heteroatoms. The summed E-state index contributed by atoms with van der Waals surface area (Å²) in [5.74, 6) is 0.378. The summed E-state index contributed by atoms with van der Waals surface area (Å²) in [7, 11) is 2.99. The lowest BCUT2D eigenvalue weighted by Gasteiger charge is -2.13. The van der Waals surface area contributed by atoms with Crippen LogP contribution in [0.25, 0.3) is 0 Å². The molecule has 0 aromatic heterocycles. The minimum atomic E-state index is -0.320. The number of carbonyl (C=O) groups is 2. The van der Waals surface area contributed by atoms with Crippen molar-refractivity contribution in [2.24, 2.45) is 0 Å². The smallest absolute Gasteiger partial charge is 0.258 e. The fraction of sp³-hybridized carbons (Fsp3) is 0.263. The summed E-state index contributed by atoms with van der Waals surface area (Å²) in [4.78, 5) is 24.5. The Bertz CT molecular complexity index is 737. The molecule has 25 heavy (non-hydrogen) atoms. The van der Waals surface area contributed by atoms with E-state index in [1.807, 2.05) is 25.1 Å². The molecular weight excluding hydrogens is 320 g/mol. The van der Waals surface area contributed by atoms with E-state index in [0.29, 0.717) is 29.2 Å². The first kappa shape index (κ1) is 18.3. The molecule has 0 atom stereocenters. The van der Waals surface area contributed by atoms with Crippen molar-refractivity contribution in [1.82, 2.24) is 10.6 Å². The van der Waals surface area contributed by atoms with E-state index in [2.05, 4.69) is 10.6 Å². The Balaban J connectivity index is 1.91.